The van der Waals surface area contributed by atoms with Crippen LogP contribution < -0.4 is 10.9 Å². The van der Waals surface area contributed by atoms with Gasteiger partial charge in [0, 0.05) is 25.7 Å². The first-order chi connectivity index (χ1) is 12.7. The maximum atomic E-state index is 13.3. The molecule has 5 unspecified atom stereocenters. The van der Waals surface area contributed by atoms with Crippen LogP contribution in [0.4, 0.5) is 13.2 Å². The minimum absolute atomic E-state index is 0.0661. The Balaban J connectivity index is 1.61. The fraction of sp³-hybridized carbons (Fsp3) is 0.882. The lowest BCUT2D eigenvalue weighted by atomic mass is 9.78. The van der Waals surface area contributed by atoms with E-state index in [9.17, 15) is 22.8 Å². The van der Waals surface area contributed by atoms with Gasteiger partial charge in [0.05, 0.1) is 18.5 Å². The van der Waals surface area contributed by atoms with E-state index in [0.29, 0.717) is 25.9 Å². The number of carbonyl (C=O) groups excluding carboxylic acids is 2. The molecule has 3 rings (SSSR count). The highest BCUT2D eigenvalue weighted by atomic mass is 35.5. The first kappa shape index (κ1) is 20.7. The van der Waals surface area contributed by atoms with Gasteiger partial charge >= 0.3 is 6.18 Å². The summed E-state index contributed by atoms with van der Waals surface area (Å²) in [4.78, 5) is 27.8. The molecule has 10 heteroatoms. The molecule has 2 heterocycles. The Kier molecular flexibility index (Phi) is 6.22. The molecule has 2 aliphatic heterocycles. The summed E-state index contributed by atoms with van der Waals surface area (Å²) in [6.07, 6.45) is -2.19. The van der Waals surface area contributed by atoms with Crippen molar-refractivity contribution in [2.45, 2.75) is 56.2 Å². The van der Waals surface area contributed by atoms with E-state index < -0.39 is 23.4 Å². The number of hydrogen-bond donors (Lipinski definition) is 2. The highest BCUT2D eigenvalue weighted by molar-refractivity contribution is 6.31. The van der Waals surface area contributed by atoms with Crippen molar-refractivity contribution in [1.82, 2.24) is 20.7 Å². The van der Waals surface area contributed by atoms with Gasteiger partial charge < -0.3 is 4.90 Å². The summed E-state index contributed by atoms with van der Waals surface area (Å²) in [5, 5.41) is -0.784. The predicted octanol–water partition coefficient (Wildman–Crippen LogP) is 1.50. The van der Waals surface area contributed by atoms with Gasteiger partial charge in [-0.25, -0.2) is 5.43 Å². The van der Waals surface area contributed by atoms with E-state index in [1.807, 2.05) is 11.8 Å². The molecule has 154 valence electrons. The van der Waals surface area contributed by atoms with Gasteiger partial charge in [0.2, 0.25) is 5.91 Å². The monoisotopic (exact) mass is 410 g/mol. The van der Waals surface area contributed by atoms with Crippen molar-refractivity contribution in [3.63, 3.8) is 0 Å². The van der Waals surface area contributed by atoms with Gasteiger partial charge in [0.25, 0.3) is 5.91 Å². The number of piperazine rings is 1. The zero-order valence-electron chi connectivity index (χ0n) is 15.3. The standard InChI is InChI=1S/C17H26ClF3N4O2/c1-10-15(14(18)16(27)23-22-10)25-7-6-24(13(26)9-25)8-11-4-2-3-5-12(11)17(19,20)21/h10-12,14-15,22H,2-9H2,1H3,(H,23,27). The summed E-state index contributed by atoms with van der Waals surface area (Å²) in [6, 6.07) is -0.485. The Bertz CT molecular complexity index is 577. The van der Waals surface area contributed by atoms with Gasteiger partial charge in [-0.05, 0) is 25.7 Å². The summed E-state index contributed by atoms with van der Waals surface area (Å²) in [7, 11) is 0. The van der Waals surface area contributed by atoms with Crippen molar-refractivity contribution < 1.29 is 22.8 Å². The lowest BCUT2D eigenvalue weighted by Crippen LogP contribution is -2.69. The van der Waals surface area contributed by atoms with E-state index in [-0.39, 0.29) is 43.4 Å². The topological polar surface area (TPSA) is 64.7 Å². The van der Waals surface area contributed by atoms with Crippen LogP contribution in [0.5, 0.6) is 0 Å². The molecule has 1 aliphatic carbocycles. The minimum atomic E-state index is -4.21. The Labute approximate surface area is 161 Å². The number of hydrogen-bond acceptors (Lipinski definition) is 4. The van der Waals surface area contributed by atoms with Crippen LogP contribution in [0.1, 0.15) is 32.6 Å². The summed E-state index contributed by atoms with van der Waals surface area (Å²) in [5.41, 5.74) is 5.34. The number of rotatable bonds is 3. The summed E-state index contributed by atoms with van der Waals surface area (Å²) >= 11 is 6.23. The number of halogens is 4. The van der Waals surface area contributed by atoms with Crippen molar-refractivity contribution in [1.29, 1.82) is 0 Å². The van der Waals surface area contributed by atoms with E-state index in [4.69, 9.17) is 11.6 Å². The molecule has 0 aromatic heterocycles. The molecule has 27 heavy (non-hydrogen) atoms. The van der Waals surface area contributed by atoms with Crippen LogP contribution >= 0.6 is 11.6 Å². The fourth-order valence-corrected chi connectivity index (χ4v) is 5.00. The average molecular weight is 411 g/mol. The number of nitrogens with one attached hydrogen (secondary N) is 2. The van der Waals surface area contributed by atoms with Gasteiger partial charge in [0.15, 0.2) is 0 Å². The minimum Gasteiger partial charge on any atom is -0.340 e. The van der Waals surface area contributed by atoms with Crippen LogP contribution in [0.25, 0.3) is 0 Å². The van der Waals surface area contributed by atoms with Gasteiger partial charge in [-0.2, -0.15) is 13.2 Å². The number of amides is 2. The maximum absolute atomic E-state index is 13.3. The third-order valence-corrected chi connectivity index (χ3v) is 6.50. The second kappa shape index (κ2) is 8.13. The SMILES string of the molecule is CC1NNC(=O)C(Cl)C1N1CCN(CC2CCCCC2C(F)(F)F)C(=O)C1. The molecule has 0 aromatic rings. The van der Waals surface area contributed by atoms with E-state index in [0.717, 1.165) is 6.42 Å². The van der Waals surface area contributed by atoms with E-state index in [1.165, 1.54) is 0 Å². The molecule has 3 aliphatic rings. The summed E-state index contributed by atoms with van der Waals surface area (Å²) in [6.45, 7) is 2.93. The molecule has 0 radical (unpaired) electrons. The lowest BCUT2D eigenvalue weighted by molar-refractivity contribution is -0.198. The van der Waals surface area contributed by atoms with Crippen LogP contribution in [-0.4, -0.2) is 71.4 Å². The van der Waals surface area contributed by atoms with Crippen molar-refractivity contribution >= 4 is 23.4 Å². The Morgan fingerprint density at radius 3 is 2.56 bits per heavy atom. The van der Waals surface area contributed by atoms with Crippen LogP contribution in [0.15, 0.2) is 0 Å². The molecule has 0 aromatic carbocycles. The van der Waals surface area contributed by atoms with E-state index in [2.05, 4.69) is 10.9 Å². The molecular weight excluding hydrogens is 385 g/mol. The molecule has 2 N–H and O–H groups in total. The second-order valence-corrected chi connectivity index (χ2v) is 8.29. The quantitative estimate of drug-likeness (QED) is 0.692. The van der Waals surface area contributed by atoms with Gasteiger partial charge in [-0.1, -0.05) is 12.8 Å². The van der Waals surface area contributed by atoms with Crippen molar-refractivity contribution in [3.05, 3.63) is 0 Å². The Hall–Kier alpha value is -1.06. The third kappa shape index (κ3) is 4.51. The summed E-state index contributed by atoms with van der Waals surface area (Å²) < 4.78 is 39.9. The predicted molar refractivity (Wildman–Crippen MR) is 93.8 cm³/mol. The lowest BCUT2D eigenvalue weighted by Gasteiger charge is -2.45. The van der Waals surface area contributed by atoms with Crippen LogP contribution in [0, 0.1) is 11.8 Å². The molecule has 0 bridgehead atoms. The molecule has 5 atom stereocenters. The zero-order valence-corrected chi connectivity index (χ0v) is 16.0. The average Bonchev–Trinajstić information content (AvgIpc) is 2.60. The first-order valence-electron chi connectivity index (χ1n) is 9.46. The second-order valence-electron chi connectivity index (χ2n) is 7.82. The molecular formula is C17H26ClF3N4O2. The van der Waals surface area contributed by atoms with E-state index in [1.54, 1.807) is 4.90 Å². The molecule has 6 nitrogen and oxygen atoms in total. The van der Waals surface area contributed by atoms with Gasteiger partial charge in [0.1, 0.15) is 5.38 Å². The van der Waals surface area contributed by atoms with Crippen molar-refractivity contribution in [2.24, 2.45) is 11.8 Å². The highest BCUT2D eigenvalue weighted by Crippen LogP contribution is 2.41. The third-order valence-electron chi connectivity index (χ3n) is 6.04. The smallest absolute Gasteiger partial charge is 0.340 e. The van der Waals surface area contributed by atoms with Gasteiger partial charge in [-0.3, -0.25) is 19.9 Å². The van der Waals surface area contributed by atoms with Crippen LogP contribution in [0.3, 0.4) is 0 Å². The molecule has 2 amide bonds. The first-order valence-corrected chi connectivity index (χ1v) is 9.90. The number of alkyl halides is 4. The highest BCUT2D eigenvalue weighted by Gasteiger charge is 2.47. The molecule has 0 spiro atoms. The number of carbonyl (C=O) groups is 2. The summed E-state index contributed by atoms with van der Waals surface area (Å²) in [5.74, 6) is -2.40. The maximum Gasteiger partial charge on any atom is 0.392 e. The van der Waals surface area contributed by atoms with Crippen LogP contribution in [-0.2, 0) is 9.59 Å². The molecule has 1 saturated carbocycles. The Morgan fingerprint density at radius 2 is 1.89 bits per heavy atom. The molecule has 3 fully saturated rings. The van der Waals surface area contributed by atoms with Crippen molar-refractivity contribution in [2.75, 3.05) is 26.2 Å². The largest absolute Gasteiger partial charge is 0.392 e. The number of hydrazine groups is 1. The van der Waals surface area contributed by atoms with Gasteiger partial charge in [-0.15, -0.1) is 11.6 Å². The fourth-order valence-electron chi connectivity index (χ4n) is 4.56. The number of nitrogens with zero attached hydrogens (tertiary/aromatic N) is 2. The van der Waals surface area contributed by atoms with Crippen LogP contribution in [0.2, 0.25) is 0 Å². The molecule has 2 saturated heterocycles. The van der Waals surface area contributed by atoms with Crippen molar-refractivity contribution in [3.8, 4) is 0 Å². The Morgan fingerprint density at radius 1 is 1.19 bits per heavy atom. The zero-order chi connectivity index (χ0) is 19.8. The normalized spacial score (nSPS) is 36.6. The van der Waals surface area contributed by atoms with E-state index >= 15 is 0 Å².